The zero-order valence-corrected chi connectivity index (χ0v) is 19.4. The van der Waals surface area contributed by atoms with Gasteiger partial charge in [0.15, 0.2) is 0 Å². The van der Waals surface area contributed by atoms with Crippen LogP contribution < -0.4 is 14.8 Å². The Labute approximate surface area is 193 Å². The Kier molecular flexibility index (Phi) is 7.25. The summed E-state index contributed by atoms with van der Waals surface area (Å²) in [6.07, 6.45) is 5.53. The first kappa shape index (κ1) is 22.5. The van der Waals surface area contributed by atoms with E-state index in [9.17, 15) is 9.59 Å². The Morgan fingerprint density at radius 2 is 1.62 bits per heavy atom. The SMILES string of the molecule is COc1cc(OC)cc(C(=O)N2C(C(=O)NC3CCCCC3)CSC2c2ccccc2)c1. The number of ether oxygens (including phenoxy) is 2. The molecule has 4 rings (SSSR count). The van der Waals surface area contributed by atoms with Gasteiger partial charge in [0, 0.05) is 23.4 Å². The van der Waals surface area contributed by atoms with E-state index in [0.29, 0.717) is 22.8 Å². The lowest BCUT2D eigenvalue weighted by atomic mass is 9.95. The number of thioether (sulfide) groups is 1. The van der Waals surface area contributed by atoms with Crippen molar-refractivity contribution in [3.8, 4) is 11.5 Å². The molecule has 0 bridgehead atoms. The summed E-state index contributed by atoms with van der Waals surface area (Å²) >= 11 is 1.63. The maximum absolute atomic E-state index is 13.8. The van der Waals surface area contributed by atoms with Crippen molar-refractivity contribution in [1.29, 1.82) is 0 Å². The normalized spacial score (nSPS) is 21.2. The zero-order valence-electron chi connectivity index (χ0n) is 18.6. The predicted octanol–water partition coefficient (Wildman–Crippen LogP) is 4.41. The van der Waals surface area contributed by atoms with Gasteiger partial charge >= 0.3 is 0 Å². The molecule has 1 saturated heterocycles. The average Bonchev–Trinajstić information content (AvgIpc) is 3.29. The van der Waals surface area contributed by atoms with Crippen LogP contribution in [0, 0.1) is 0 Å². The van der Waals surface area contributed by atoms with Crippen molar-refractivity contribution in [2.45, 2.75) is 49.6 Å². The van der Waals surface area contributed by atoms with E-state index in [1.807, 2.05) is 30.3 Å². The number of nitrogens with one attached hydrogen (secondary N) is 1. The lowest BCUT2D eigenvalue weighted by molar-refractivity contribution is -0.125. The van der Waals surface area contributed by atoms with Gasteiger partial charge in [-0.2, -0.15) is 0 Å². The minimum absolute atomic E-state index is 0.0638. The lowest BCUT2D eigenvalue weighted by Gasteiger charge is -2.31. The third-order valence-electron chi connectivity index (χ3n) is 6.17. The molecule has 2 atom stereocenters. The number of methoxy groups -OCH3 is 2. The molecule has 0 spiro atoms. The van der Waals surface area contributed by atoms with Crippen molar-refractivity contribution in [3.63, 3.8) is 0 Å². The molecule has 1 saturated carbocycles. The maximum atomic E-state index is 13.8. The van der Waals surface area contributed by atoms with Crippen LogP contribution >= 0.6 is 11.8 Å². The third kappa shape index (κ3) is 4.88. The van der Waals surface area contributed by atoms with E-state index in [-0.39, 0.29) is 23.2 Å². The highest BCUT2D eigenvalue weighted by Crippen LogP contribution is 2.42. The topological polar surface area (TPSA) is 67.9 Å². The van der Waals surface area contributed by atoms with Crippen LogP contribution in [0.1, 0.15) is 53.4 Å². The minimum atomic E-state index is -0.531. The number of carbonyl (C=O) groups excluding carboxylic acids is 2. The molecule has 2 aliphatic rings. The second kappa shape index (κ2) is 10.3. The van der Waals surface area contributed by atoms with Gasteiger partial charge in [-0.15, -0.1) is 11.8 Å². The Morgan fingerprint density at radius 1 is 0.969 bits per heavy atom. The molecular formula is C25H30N2O4S. The van der Waals surface area contributed by atoms with Crippen molar-refractivity contribution < 1.29 is 19.1 Å². The molecule has 6 nitrogen and oxygen atoms in total. The number of amides is 2. The molecule has 0 radical (unpaired) electrons. The summed E-state index contributed by atoms with van der Waals surface area (Å²) in [5.74, 6) is 1.37. The fourth-order valence-electron chi connectivity index (χ4n) is 4.46. The monoisotopic (exact) mass is 454 g/mol. The highest BCUT2D eigenvalue weighted by atomic mass is 32.2. The largest absolute Gasteiger partial charge is 0.497 e. The van der Waals surface area contributed by atoms with E-state index in [2.05, 4.69) is 5.32 Å². The highest BCUT2D eigenvalue weighted by molar-refractivity contribution is 7.99. The van der Waals surface area contributed by atoms with Crippen LogP contribution in [0.25, 0.3) is 0 Å². The summed E-state index contributed by atoms with van der Waals surface area (Å²) in [5.41, 5.74) is 1.45. The first-order valence-electron chi connectivity index (χ1n) is 11.1. The maximum Gasteiger partial charge on any atom is 0.256 e. The van der Waals surface area contributed by atoms with Crippen LogP contribution in [0.3, 0.4) is 0 Å². The van der Waals surface area contributed by atoms with Gasteiger partial charge in [-0.1, -0.05) is 49.6 Å². The van der Waals surface area contributed by atoms with Crippen LogP contribution in [-0.2, 0) is 4.79 Å². The number of carbonyl (C=O) groups is 2. The van der Waals surface area contributed by atoms with Gasteiger partial charge in [0.25, 0.3) is 5.91 Å². The van der Waals surface area contributed by atoms with Crippen LogP contribution in [0.5, 0.6) is 11.5 Å². The molecule has 1 aliphatic heterocycles. The van der Waals surface area contributed by atoms with E-state index in [1.165, 1.54) is 6.42 Å². The molecular weight excluding hydrogens is 424 g/mol. The van der Waals surface area contributed by atoms with Crippen molar-refractivity contribution in [1.82, 2.24) is 10.2 Å². The molecule has 2 unspecified atom stereocenters. The fraction of sp³-hybridized carbons (Fsp3) is 0.440. The van der Waals surface area contributed by atoms with Crippen molar-refractivity contribution in [2.75, 3.05) is 20.0 Å². The van der Waals surface area contributed by atoms with Crippen LogP contribution in [0.2, 0.25) is 0 Å². The molecule has 32 heavy (non-hydrogen) atoms. The Bertz CT molecular complexity index is 924. The molecule has 1 aliphatic carbocycles. The molecule has 1 heterocycles. The zero-order chi connectivity index (χ0) is 22.5. The summed E-state index contributed by atoms with van der Waals surface area (Å²) in [7, 11) is 3.11. The van der Waals surface area contributed by atoms with Gasteiger partial charge in [-0.05, 0) is 30.5 Å². The smallest absolute Gasteiger partial charge is 0.256 e. The summed E-state index contributed by atoms with van der Waals surface area (Å²) < 4.78 is 10.7. The summed E-state index contributed by atoms with van der Waals surface area (Å²) in [6, 6.07) is 14.7. The van der Waals surface area contributed by atoms with E-state index in [1.54, 1.807) is 49.1 Å². The number of hydrogen-bond donors (Lipinski definition) is 1. The third-order valence-corrected chi connectivity index (χ3v) is 7.50. The summed E-state index contributed by atoms with van der Waals surface area (Å²) in [6.45, 7) is 0. The van der Waals surface area contributed by atoms with Gasteiger partial charge in [0.1, 0.15) is 22.9 Å². The lowest BCUT2D eigenvalue weighted by Crippen LogP contribution is -2.50. The van der Waals surface area contributed by atoms with Crippen LogP contribution in [-0.4, -0.2) is 48.8 Å². The quantitative estimate of drug-likeness (QED) is 0.700. The van der Waals surface area contributed by atoms with E-state index in [4.69, 9.17) is 9.47 Å². The van der Waals surface area contributed by atoms with Gasteiger partial charge in [-0.3, -0.25) is 9.59 Å². The Balaban J connectivity index is 1.65. The van der Waals surface area contributed by atoms with E-state index >= 15 is 0 Å². The molecule has 2 aromatic rings. The van der Waals surface area contributed by atoms with Crippen molar-refractivity contribution in [3.05, 3.63) is 59.7 Å². The minimum Gasteiger partial charge on any atom is -0.497 e. The fourth-order valence-corrected chi connectivity index (χ4v) is 5.88. The van der Waals surface area contributed by atoms with Gasteiger partial charge in [-0.25, -0.2) is 0 Å². The van der Waals surface area contributed by atoms with Crippen LogP contribution in [0.15, 0.2) is 48.5 Å². The number of hydrogen-bond acceptors (Lipinski definition) is 5. The first-order chi connectivity index (χ1) is 15.6. The molecule has 2 fully saturated rings. The van der Waals surface area contributed by atoms with Crippen molar-refractivity contribution in [2.24, 2.45) is 0 Å². The number of benzene rings is 2. The molecule has 1 N–H and O–H groups in total. The van der Waals surface area contributed by atoms with E-state index < -0.39 is 6.04 Å². The standard InChI is InChI=1S/C25H30N2O4S/c1-30-20-13-18(14-21(15-20)31-2)24(29)27-22(23(28)26-19-11-7-4-8-12-19)16-32-25(27)17-9-5-3-6-10-17/h3,5-6,9-10,13-15,19,22,25H,4,7-8,11-12,16H2,1-2H3,(H,26,28). The molecule has 2 aromatic carbocycles. The highest BCUT2D eigenvalue weighted by Gasteiger charge is 2.43. The van der Waals surface area contributed by atoms with Gasteiger partial charge in [0.05, 0.1) is 14.2 Å². The second-order valence-electron chi connectivity index (χ2n) is 8.27. The first-order valence-corrected chi connectivity index (χ1v) is 12.2. The summed E-state index contributed by atoms with van der Waals surface area (Å²) in [5, 5.41) is 2.99. The van der Waals surface area contributed by atoms with Crippen LogP contribution in [0.4, 0.5) is 0 Å². The number of nitrogens with zero attached hydrogens (tertiary/aromatic N) is 1. The number of rotatable bonds is 6. The average molecular weight is 455 g/mol. The Hall–Kier alpha value is -2.67. The molecule has 7 heteroatoms. The van der Waals surface area contributed by atoms with Gasteiger partial charge in [0.2, 0.25) is 5.91 Å². The van der Waals surface area contributed by atoms with E-state index in [0.717, 1.165) is 31.2 Å². The van der Waals surface area contributed by atoms with Crippen molar-refractivity contribution >= 4 is 23.6 Å². The molecule has 2 amide bonds. The molecule has 0 aromatic heterocycles. The van der Waals surface area contributed by atoms with Gasteiger partial charge < -0.3 is 19.7 Å². The Morgan fingerprint density at radius 3 is 2.25 bits per heavy atom. The summed E-state index contributed by atoms with van der Waals surface area (Å²) in [4.78, 5) is 28.8. The molecule has 170 valence electrons. The second-order valence-corrected chi connectivity index (χ2v) is 9.38. The predicted molar refractivity (Wildman–Crippen MR) is 126 cm³/mol.